The fraction of sp³-hybridized carbons (Fsp3) is 0.500. The molecule has 1 aromatic rings. The number of benzene rings is 1. The molecule has 0 bridgehead atoms. The van der Waals surface area contributed by atoms with Gasteiger partial charge in [0.05, 0.1) is 12.7 Å². The van der Waals surface area contributed by atoms with Crippen LogP contribution in [0.2, 0.25) is 0 Å². The molecule has 0 aliphatic carbocycles. The van der Waals surface area contributed by atoms with Crippen molar-refractivity contribution < 1.29 is 9.47 Å². The zero-order chi connectivity index (χ0) is 10.4. The van der Waals surface area contributed by atoms with Crippen molar-refractivity contribution in [1.82, 2.24) is 0 Å². The molecule has 0 saturated heterocycles. The first-order valence-corrected chi connectivity index (χ1v) is 4.97. The zero-order valence-corrected chi connectivity index (χ0v) is 9.12. The van der Waals surface area contributed by atoms with E-state index in [0.717, 1.165) is 18.8 Å². The molecule has 0 heterocycles. The molecule has 0 fully saturated rings. The van der Waals surface area contributed by atoms with Crippen molar-refractivity contribution in [2.75, 3.05) is 13.7 Å². The summed E-state index contributed by atoms with van der Waals surface area (Å²) in [5.74, 6) is 0.932. The van der Waals surface area contributed by atoms with E-state index in [1.165, 1.54) is 5.56 Å². The van der Waals surface area contributed by atoms with Crippen LogP contribution >= 0.6 is 0 Å². The fourth-order valence-electron chi connectivity index (χ4n) is 1.23. The topological polar surface area (TPSA) is 18.5 Å². The van der Waals surface area contributed by atoms with Gasteiger partial charge in [0.1, 0.15) is 5.75 Å². The summed E-state index contributed by atoms with van der Waals surface area (Å²) < 4.78 is 10.6. The molecule has 2 heteroatoms. The second kappa shape index (κ2) is 5.66. The molecule has 0 aliphatic heterocycles. The Kier molecular flexibility index (Phi) is 4.47. The van der Waals surface area contributed by atoms with Gasteiger partial charge >= 0.3 is 0 Å². The minimum Gasteiger partial charge on any atom is -0.491 e. The van der Waals surface area contributed by atoms with E-state index in [1.54, 1.807) is 7.11 Å². The van der Waals surface area contributed by atoms with Crippen LogP contribution in [-0.4, -0.2) is 19.8 Å². The van der Waals surface area contributed by atoms with Gasteiger partial charge in [0.25, 0.3) is 0 Å². The van der Waals surface area contributed by atoms with Crippen molar-refractivity contribution in [2.24, 2.45) is 0 Å². The van der Waals surface area contributed by atoms with Crippen molar-refractivity contribution in [3.63, 3.8) is 0 Å². The number of methoxy groups -OCH3 is 1. The molecule has 2 nitrogen and oxygen atoms in total. The highest BCUT2D eigenvalue weighted by Gasteiger charge is 1.97. The zero-order valence-electron chi connectivity index (χ0n) is 9.12. The lowest BCUT2D eigenvalue weighted by Crippen LogP contribution is -2.05. The third-order valence-electron chi connectivity index (χ3n) is 1.89. The van der Waals surface area contributed by atoms with Crippen LogP contribution in [0, 0.1) is 0 Å². The number of ether oxygens (including phenoxy) is 2. The van der Waals surface area contributed by atoms with E-state index in [1.807, 2.05) is 26.0 Å². The van der Waals surface area contributed by atoms with Crippen LogP contribution in [0.3, 0.4) is 0 Å². The number of hydrogen-bond acceptors (Lipinski definition) is 2. The van der Waals surface area contributed by atoms with E-state index >= 15 is 0 Å². The molecule has 0 N–H and O–H groups in total. The van der Waals surface area contributed by atoms with Crippen LogP contribution < -0.4 is 4.74 Å². The average Bonchev–Trinajstić information content (AvgIpc) is 2.16. The summed E-state index contributed by atoms with van der Waals surface area (Å²) in [6.07, 6.45) is 1.19. The molecule has 0 aliphatic rings. The summed E-state index contributed by atoms with van der Waals surface area (Å²) >= 11 is 0. The highest BCUT2D eigenvalue weighted by molar-refractivity contribution is 5.27. The van der Waals surface area contributed by atoms with Crippen LogP contribution in [0.15, 0.2) is 24.3 Å². The second-order valence-corrected chi connectivity index (χ2v) is 3.55. The first-order valence-electron chi connectivity index (χ1n) is 4.97. The van der Waals surface area contributed by atoms with E-state index in [2.05, 4.69) is 12.1 Å². The molecule has 1 rings (SSSR count). The standard InChI is InChI=1S/C12H18O2/c1-10(2)14-12-6-4-11(5-7-12)8-9-13-3/h4-7,10H,8-9H2,1-3H3. The highest BCUT2D eigenvalue weighted by Crippen LogP contribution is 2.13. The van der Waals surface area contributed by atoms with Crippen molar-refractivity contribution in [2.45, 2.75) is 26.4 Å². The van der Waals surface area contributed by atoms with Crippen LogP contribution in [-0.2, 0) is 11.2 Å². The van der Waals surface area contributed by atoms with Gasteiger partial charge in [-0.2, -0.15) is 0 Å². The number of rotatable bonds is 5. The SMILES string of the molecule is COCCc1ccc(OC(C)C)cc1. The Morgan fingerprint density at radius 1 is 1.14 bits per heavy atom. The van der Waals surface area contributed by atoms with Crippen LogP contribution in [0.1, 0.15) is 19.4 Å². The van der Waals surface area contributed by atoms with Crippen LogP contribution in [0.5, 0.6) is 5.75 Å². The normalized spacial score (nSPS) is 10.6. The van der Waals surface area contributed by atoms with Crippen molar-refractivity contribution in [3.8, 4) is 5.75 Å². The molecular weight excluding hydrogens is 176 g/mol. The molecular formula is C12H18O2. The van der Waals surface area contributed by atoms with Crippen LogP contribution in [0.25, 0.3) is 0 Å². The molecule has 0 spiro atoms. The van der Waals surface area contributed by atoms with E-state index in [4.69, 9.17) is 9.47 Å². The van der Waals surface area contributed by atoms with Gasteiger partial charge in [-0.25, -0.2) is 0 Å². The number of hydrogen-bond donors (Lipinski definition) is 0. The lowest BCUT2D eigenvalue weighted by molar-refractivity contribution is 0.202. The third-order valence-corrected chi connectivity index (χ3v) is 1.89. The minimum atomic E-state index is 0.236. The smallest absolute Gasteiger partial charge is 0.119 e. The lowest BCUT2D eigenvalue weighted by atomic mass is 10.1. The summed E-state index contributed by atoms with van der Waals surface area (Å²) in [4.78, 5) is 0. The first kappa shape index (κ1) is 11.1. The predicted octanol–water partition coefficient (Wildman–Crippen LogP) is 2.66. The Morgan fingerprint density at radius 3 is 2.29 bits per heavy atom. The summed E-state index contributed by atoms with van der Waals surface area (Å²) in [6, 6.07) is 8.17. The van der Waals surface area contributed by atoms with Gasteiger partial charge in [0.2, 0.25) is 0 Å². The Morgan fingerprint density at radius 2 is 1.79 bits per heavy atom. The first-order chi connectivity index (χ1) is 6.72. The summed E-state index contributed by atoms with van der Waals surface area (Å²) in [5, 5.41) is 0. The molecule has 0 atom stereocenters. The van der Waals surface area contributed by atoms with E-state index in [0.29, 0.717) is 0 Å². The molecule has 0 aromatic heterocycles. The van der Waals surface area contributed by atoms with Gasteiger partial charge in [-0.15, -0.1) is 0 Å². The Hall–Kier alpha value is -1.02. The minimum absolute atomic E-state index is 0.236. The molecule has 0 saturated carbocycles. The molecule has 0 unspecified atom stereocenters. The maximum absolute atomic E-state index is 5.54. The summed E-state index contributed by atoms with van der Waals surface area (Å²) in [7, 11) is 1.72. The van der Waals surface area contributed by atoms with Crippen LogP contribution in [0.4, 0.5) is 0 Å². The Balaban J connectivity index is 2.50. The highest BCUT2D eigenvalue weighted by atomic mass is 16.5. The molecule has 78 valence electrons. The van der Waals surface area contributed by atoms with E-state index in [-0.39, 0.29) is 6.10 Å². The van der Waals surface area contributed by atoms with Gasteiger partial charge in [-0.05, 0) is 38.0 Å². The Labute approximate surface area is 85.8 Å². The molecule has 14 heavy (non-hydrogen) atoms. The lowest BCUT2D eigenvalue weighted by Gasteiger charge is -2.09. The van der Waals surface area contributed by atoms with Crippen molar-refractivity contribution in [1.29, 1.82) is 0 Å². The monoisotopic (exact) mass is 194 g/mol. The van der Waals surface area contributed by atoms with Gasteiger partial charge in [0, 0.05) is 7.11 Å². The van der Waals surface area contributed by atoms with Gasteiger partial charge < -0.3 is 9.47 Å². The summed E-state index contributed by atoms with van der Waals surface area (Å²) in [6.45, 7) is 4.82. The van der Waals surface area contributed by atoms with Crippen molar-refractivity contribution in [3.05, 3.63) is 29.8 Å². The molecule has 0 radical (unpaired) electrons. The molecule has 0 amide bonds. The fourth-order valence-corrected chi connectivity index (χ4v) is 1.23. The quantitative estimate of drug-likeness (QED) is 0.717. The predicted molar refractivity (Wildman–Crippen MR) is 57.8 cm³/mol. The maximum Gasteiger partial charge on any atom is 0.119 e. The van der Waals surface area contributed by atoms with Gasteiger partial charge in [-0.1, -0.05) is 12.1 Å². The average molecular weight is 194 g/mol. The van der Waals surface area contributed by atoms with Crippen molar-refractivity contribution >= 4 is 0 Å². The van der Waals surface area contributed by atoms with Gasteiger partial charge in [0.15, 0.2) is 0 Å². The Bertz CT molecular complexity index is 252. The second-order valence-electron chi connectivity index (χ2n) is 3.55. The summed E-state index contributed by atoms with van der Waals surface area (Å²) in [5.41, 5.74) is 1.28. The van der Waals surface area contributed by atoms with Gasteiger partial charge in [-0.3, -0.25) is 0 Å². The largest absolute Gasteiger partial charge is 0.491 e. The van der Waals surface area contributed by atoms with E-state index in [9.17, 15) is 0 Å². The molecule has 1 aromatic carbocycles. The third kappa shape index (κ3) is 3.79. The van der Waals surface area contributed by atoms with E-state index < -0.39 is 0 Å². The maximum atomic E-state index is 5.54.